The van der Waals surface area contributed by atoms with Gasteiger partial charge in [-0.05, 0) is 24.3 Å². The summed E-state index contributed by atoms with van der Waals surface area (Å²) in [5, 5.41) is 19.5. The van der Waals surface area contributed by atoms with Gasteiger partial charge in [0.1, 0.15) is 25.3 Å². The largest absolute Gasteiger partial charge is 0.564 e. The molecule has 0 radical (unpaired) electrons. The van der Waals surface area contributed by atoms with Crippen LogP contribution in [0.2, 0.25) is 0 Å². The quantitative estimate of drug-likeness (QED) is 0.354. The van der Waals surface area contributed by atoms with Crippen LogP contribution in [-0.2, 0) is 0 Å². The first kappa shape index (κ1) is 14.9. The van der Waals surface area contributed by atoms with Crippen molar-refractivity contribution >= 4 is 44.2 Å². The Kier molecular flexibility index (Phi) is 3.13. The first-order valence-corrected chi connectivity index (χ1v) is 7.20. The van der Waals surface area contributed by atoms with Gasteiger partial charge in [-0.1, -0.05) is 0 Å². The Morgan fingerprint density at radius 2 is 1.12 bits per heavy atom. The molecule has 2 aromatic carbocycles. The highest BCUT2D eigenvalue weighted by atomic mass is 15.0. The zero-order valence-electron chi connectivity index (χ0n) is 12.9. The van der Waals surface area contributed by atoms with E-state index in [1.54, 1.807) is 36.4 Å². The molecule has 2 heterocycles. The minimum atomic E-state index is -0.198. The van der Waals surface area contributed by atoms with Crippen LogP contribution < -0.4 is 11.0 Å². The molecular formula is C18H4N8. The standard InChI is InChI=1S/C18H4N8/c1-21-17(22-2)18-25-12-5-3-10-14-11(4-6-13(26-18)15(12)14)24-16(23-10)9(7-19)8-20/h3-6H. The maximum atomic E-state index is 9.05. The molecule has 8 nitrogen and oxygen atoms in total. The van der Waals surface area contributed by atoms with Crippen LogP contribution in [0.1, 0.15) is 0 Å². The average molecular weight is 332 g/mol. The molecule has 0 bridgehead atoms. The Morgan fingerprint density at radius 3 is 1.46 bits per heavy atom. The smallest absolute Gasteiger partial charge is 0.233 e. The number of rotatable bonds is 0. The molecule has 8 heteroatoms. The van der Waals surface area contributed by atoms with Crippen molar-refractivity contribution in [2.75, 3.05) is 0 Å². The van der Waals surface area contributed by atoms with Crippen LogP contribution in [-0.4, -0.2) is 19.9 Å². The molecule has 0 fully saturated rings. The summed E-state index contributed by atoms with van der Waals surface area (Å²) in [4.78, 5) is 23.6. The van der Waals surface area contributed by atoms with E-state index < -0.39 is 0 Å². The maximum Gasteiger partial charge on any atom is 0.564 e. The van der Waals surface area contributed by atoms with Crippen LogP contribution in [0, 0.1) is 35.8 Å². The summed E-state index contributed by atoms with van der Waals surface area (Å²) in [5.74, 6) is -0.198. The van der Waals surface area contributed by atoms with Crippen LogP contribution in [0.25, 0.3) is 53.9 Å². The predicted octanol–water partition coefficient (Wildman–Crippen LogP) is 1.27. The molecule has 116 valence electrons. The van der Waals surface area contributed by atoms with E-state index in [2.05, 4.69) is 29.6 Å². The highest BCUT2D eigenvalue weighted by Gasteiger charge is 2.15. The van der Waals surface area contributed by atoms with Crippen LogP contribution in [0.5, 0.6) is 0 Å². The number of hydrogen-bond acceptors (Lipinski definition) is 6. The van der Waals surface area contributed by atoms with Gasteiger partial charge in [0.25, 0.3) is 0 Å². The fourth-order valence-corrected chi connectivity index (χ4v) is 2.76. The van der Waals surface area contributed by atoms with E-state index in [-0.39, 0.29) is 22.4 Å². The van der Waals surface area contributed by atoms with Crippen molar-refractivity contribution in [1.29, 1.82) is 10.5 Å². The molecule has 0 aliphatic rings. The van der Waals surface area contributed by atoms with Gasteiger partial charge in [0, 0.05) is 10.8 Å². The Morgan fingerprint density at radius 1 is 0.731 bits per heavy atom. The van der Waals surface area contributed by atoms with E-state index >= 15 is 0 Å². The molecule has 0 spiro atoms. The summed E-state index contributed by atoms with van der Waals surface area (Å²) < 4.78 is 0. The second-order valence-corrected chi connectivity index (χ2v) is 5.20. The van der Waals surface area contributed by atoms with Gasteiger partial charge in [0.05, 0.1) is 22.1 Å². The van der Waals surface area contributed by atoms with Gasteiger partial charge in [0.2, 0.25) is 5.48 Å². The Bertz CT molecular complexity index is 1300. The molecule has 0 aliphatic carbocycles. The molecule has 2 aromatic heterocycles. The number of nitriles is 2. The van der Waals surface area contributed by atoms with E-state index in [0.717, 1.165) is 0 Å². The molecule has 0 amide bonds. The van der Waals surface area contributed by atoms with Crippen molar-refractivity contribution in [3.8, 4) is 12.1 Å². The van der Waals surface area contributed by atoms with E-state index in [1.165, 1.54) is 0 Å². The lowest BCUT2D eigenvalue weighted by atomic mass is 10.1. The monoisotopic (exact) mass is 332 g/mol. The molecule has 0 saturated heterocycles. The fourth-order valence-electron chi connectivity index (χ4n) is 2.76. The fraction of sp³-hybridized carbons (Fsp3) is 0. The molecule has 4 aromatic rings. The van der Waals surface area contributed by atoms with Crippen molar-refractivity contribution in [1.82, 2.24) is 19.9 Å². The first-order valence-electron chi connectivity index (χ1n) is 7.20. The molecule has 0 aliphatic heterocycles. The average Bonchev–Trinajstić information content (AvgIpc) is 2.67. The maximum absolute atomic E-state index is 9.05. The zero-order chi connectivity index (χ0) is 18.3. The minimum Gasteiger partial charge on any atom is -0.233 e. The Hall–Kier alpha value is -4.66. The normalized spacial score (nSPS) is 10.2. The van der Waals surface area contributed by atoms with Crippen molar-refractivity contribution in [2.45, 2.75) is 0 Å². The van der Waals surface area contributed by atoms with Gasteiger partial charge < -0.3 is 0 Å². The molecule has 26 heavy (non-hydrogen) atoms. The molecular weight excluding hydrogens is 328 g/mol. The zero-order valence-corrected chi connectivity index (χ0v) is 12.9. The lowest BCUT2D eigenvalue weighted by Crippen LogP contribution is -2.17. The molecule has 4 rings (SSSR count). The summed E-state index contributed by atoms with van der Waals surface area (Å²) in [6.45, 7) is 14.2. The Balaban J connectivity index is 2.26. The van der Waals surface area contributed by atoms with Crippen molar-refractivity contribution in [2.24, 2.45) is 0 Å². The number of benzene rings is 2. The van der Waals surface area contributed by atoms with E-state index in [4.69, 9.17) is 23.7 Å². The van der Waals surface area contributed by atoms with E-state index in [9.17, 15) is 0 Å². The van der Waals surface area contributed by atoms with Gasteiger partial charge in [-0.25, -0.2) is 19.9 Å². The lowest BCUT2D eigenvalue weighted by molar-refractivity contribution is 1.14. The predicted molar refractivity (Wildman–Crippen MR) is 91.8 cm³/mol. The van der Waals surface area contributed by atoms with E-state index in [1.807, 2.05) is 0 Å². The van der Waals surface area contributed by atoms with Gasteiger partial charge >= 0.3 is 5.82 Å². The topological polar surface area (TPSA) is 108 Å². The highest BCUT2D eigenvalue weighted by molar-refractivity contribution is 6.19. The highest BCUT2D eigenvalue weighted by Crippen LogP contribution is 2.29. The molecule has 0 atom stereocenters. The van der Waals surface area contributed by atoms with Crippen molar-refractivity contribution in [3.63, 3.8) is 0 Å². The van der Waals surface area contributed by atoms with Gasteiger partial charge in [0.15, 0.2) is 11.1 Å². The summed E-state index contributed by atoms with van der Waals surface area (Å²) >= 11 is 0. The van der Waals surface area contributed by atoms with Crippen molar-refractivity contribution < 1.29 is 0 Å². The SMILES string of the molecule is [C-]#[N+]C([N+]#[C-])=c1nc2ccc3nc(=C(C#N)C#N)nc4ccc(n1)c2c34. The summed E-state index contributed by atoms with van der Waals surface area (Å²) in [6, 6.07) is 10.4. The second kappa shape index (κ2) is 5.46. The minimum absolute atomic E-state index is 0.0686. The van der Waals surface area contributed by atoms with Crippen LogP contribution in [0.3, 0.4) is 0 Å². The summed E-state index contributed by atoms with van der Waals surface area (Å²) in [5.41, 5.74) is 2.22. The lowest BCUT2D eigenvalue weighted by Gasteiger charge is -2.07. The number of nitrogens with zero attached hydrogens (tertiary/aromatic N) is 8. The van der Waals surface area contributed by atoms with Crippen LogP contribution in [0.15, 0.2) is 24.3 Å². The first-order chi connectivity index (χ1) is 12.7. The summed E-state index contributed by atoms with van der Waals surface area (Å²) in [6.07, 6.45) is 0. The summed E-state index contributed by atoms with van der Waals surface area (Å²) in [7, 11) is 0. The van der Waals surface area contributed by atoms with Crippen LogP contribution >= 0.6 is 0 Å². The number of aromatic nitrogens is 4. The van der Waals surface area contributed by atoms with E-state index in [0.29, 0.717) is 32.8 Å². The van der Waals surface area contributed by atoms with Gasteiger partial charge in [-0.2, -0.15) is 20.2 Å². The van der Waals surface area contributed by atoms with Gasteiger partial charge in [-0.3, -0.25) is 0 Å². The molecule has 0 saturated carbocycles. The molecule has 0 N–H and O–H groups in total. The number of hydrogen-bond donors (Lipinski definition) is 0. The Labute approximate surface area is 145 Å². The third-order valence-electron chi connectivity index (χ3n) is 3.84. The third-order valence-corrected chi connectivity index (χ3v) is 3.84. The second-order valence-electron chi connectivity index (χ2n) is 5.20. The van der Waals surface area contributed by atoms with Crippen molar-refractivity contribution in [3.05, 3.63) is 58.1 Å². The van der Waals surface area contributed by atoms with Crippen LogP contribution in [0.4, 0.5) is 0 Å². The van der Waals surface area contributed by atoms with Gasteiger partial charge in [-0.15, -0.1) is 0 Å². The third kappa shape index (κ3) is 1.98. The molecule has 0 unspecified atom stereocenters.